The highest BCUT2D eigenvalue weighted by Gasteiger charge is 2.13. The number of carbonyl (C=O) groups is 1. The maximum atomic E-state index is 13.4. The van der Waals surface area contributed by atoms with E-state index >= 15 is 0 Å². The number of halogens is 1. The van der Waals surface area contributed by atoms with Crippen molar-refractivity contribution in [3.8, 4) is 10.6 Å². The van der Waals surface area contributed by atoms with E-state index in [1.54, 1.807) is 31.3 Å². The number of nitrogens with one attached hydrogen (secondary N) is 2. The fourth-order valence-electron chi connectivity index (χ4n) is 2.24. The summed E-state index contributed by atoms with van der Waals surface area (Å²) in [7, 11) is 0. The van der Waals surface area contributed by atoms with E-state index in [2.05, 4.69) is 25.6 Å². The Labute approximate surface area is 148 Å². The number of hydrogen-bond donors (Lipinski definition) is 2. The fraction of sp³-hybridized carbons (Fsp3) is 0.176. The van der Waals surface area contributed by atoms with Crippen LogP contribution in [0, 0.1) is 19.7 Å². The molecule has 3 rings (SSSR count). The SMILES string of the molecule is CC(=O)Nc1nc(C)c(-c2ccnc(Nc3ccc(F)c(C)c3)n2)s1. The number of hydrogen-bond acceptors (Lipinski definition) is 6. The summed E-state index contributed by atoms with van der Waals surface area (Å²) in [6.07, 6.45) is 1.64. The summed E-state index contributed by atoms with van der Waals surface area (Å²) in [6.45, 7) is 4.99. The molecule has 8 heteroatoms. The molecule has 128 valence electrons. The molecule has 2 heterocycles. The molecule has 25 heavy (non-hydrogen) atoms. The van der Waals surface area contributed by atoms with Crippen LogP contribution in [0.5, 0.6) is 0 Å². The van der Waals surface area contributed by atoms with Crippen molar-refractivity contribution in [2.24, 2.45) is 0 Å². The lowest BCUT2D eigenvalue weighted by atomic mass is 10.2. The number of thiazole rings is 1. The first-order valence-electron chi connectivity index (χ1n) is 7.54. The number of amides is 1. The third-order valence-corrected chi connectivity index (χ3v) is 4.48. The molecule has 0 spiro atoms. The zero-order chi connectivity index (χ0) is 18.0. The monoisotopic (exact) mass is 357 g/mol. The molecule has 0 unspecified atom stereocenters. The van der Waals surface area contributed by atoms with Crippen LogP contribution in [0.3, 0.4) is 0 Å². The number of anilines is 3. The Morgan fingerprint density at radius 3 is 2.72 bits per heavy atom. The summed E-state index contributed by atoms with van der Waals surface area (Å²) in [5.74, 6) is -0.0274. The second kappa shape index (κ2) is 6.94. The van der Waals surface area contributed by atoms with Crippen LogP contribution in [-0.4, -0.2) is 20.9 Å². The number of benzene rings is 1. The smallest absolute Gasteiger partial charge is 0.227 e. The van der Waals surface area contributed by atoms with E-state index in [9.17, 15) is 9.18 Å². The summed E-state index contributed by atoms with van der Waals surface area (Å²) in [6, 6.07) is 6.50. The molecule has 0 aliphatic heterocycles. The summed E-state index contributed by atoms with van der Waals surface area (Å²) in [4.78, 5) is 25.0. The Balaban J connectivity index is 1.87. The molecule has 2 aromatic heterocycles. The number of rotatable bonds is 4. The van der Waals surface area contributed by atoms with E-state index in [4.69, 9.17) is 0 Å². The molecular formula is C17H16FN5OS. The standard InChI is InChI=1S/C17H16FN5OS/c1-9-8-12(4-5-13(9)18)22-16-19-7-6-14(23-16)15-10(2)20-17(25-15)21-11(3)24/h4-8H,1-3H3,(H,19,22,23)(H,20,21,24). The highest BCUT2D eigenvalue weighted by Crippen LogP contribution is 2.32. The average molecular weight is 357 g/mol. The quantitative estimate of drug-likeness (QED) is 0.736. The first-order chi connectivity index (χ1) is 11.9. The molecule has 2 N–H and O–H groups in total. The lowest BCUT2D eigenvalue weighted by Crippen LogP contribution is -2.04. The van der Waals surface area contributed by atoms with Crippen LogP contribution in [-0.2, 0) is 4.79 Å². The first-order valence-corrected chi connectivity index (χ1v) is 8.35. The predicted octanol–water partition coefficient (Wildman–Crippen LogP) is 4.06. The molecular weight excluding hydrogens is 341 g/mol. The summed E-state index contributed by atoms with van der Waals surface area (Å²) in [5, 5.41) is 6.27. The minimum atomic E-state index is -0.258. The van der Waals surface area contributed by atoms with Gasteiger partial charge in [-0.1, -0.05) is 11.3 Å². The van der Waals surface area contributed by atoms with Gasteiger partial charge in [-0.15, -0.1) is 0 Å². The Morgan fingerprint density at radius 2 is 2.00 bits per heavy atom. The van der Waals surface area contributed by atoms with Crippen molar-refractivity contribution in [2.75, 3.05) is 10.6 Å². The van der Waals surface area contributed by atoms with Gasteiger partial charge in [0.25, 0.3) is 0 Å². The average Bonchev–Trinajstić information content (AvgIpc) is 2.91. The summed E-state index contributed by atoms with van der Waals surface area (Å²) in [5.41, 5.74) is 2.72. The van der Waals surface area contributed by atoms with Gasteiger partial charge in [-0.2, -0.15) is 0 Å². The molecule has 3 aromatic rings. The van der Waals surface area contributed by atoms with Crippen LogP contribution in [0.1, 0.15) is 18.2 Å². The number of nitrogens with zero attached hydrogens (tertiary/aromatic N) is 3. The van der Waals surface area contributed by atoms with E-state index in [-0.39, 0.29) is 11.7 Å². The zero-order valence-corrected chi connectivity index (χ0v) is 14.7. The van der Waals surface area contributed by atoms with Crippen molar-refractivity contribution >= 4 is 34.0 Å². The van der Waals surface area contributed by atoms with Crippen molar-refractivity contribution in [1.29, 1.82) is 0 Å². The highest BCUT2D eigenvalue weighted by atomic mass is 32.1. The van der Waals surface area contributed by atoms with Crippen LogP contribution in [0.15, 0.2) is 30.5 Å². The van der Waals surface area contributed by atoms with E-state index in [0.717, 1.165) is 10.6 Å². The largest absolute Gasteiger partial charge is 0.324 e. The third kappa shape index (κ3) is 3.97. The van der Waals surface area contributed by atoms with E-state index < -0.39 is 0 Å². The normalized spacial score (nSPS) is 10.6. The van der Waals surface area contributed by atoms with Crippen molar-refractivity contribution in [3.05, 3.63) is 47.5 Å². The molecule has 0 radical (unpaired) electrons. The van der Waals surface area contributed by atoms with Gasteiger partial charge in [0.2, 0.25) is 11.9 Å². The maximum Gasteiger partial charge on any atom is 0.227 e. The molecule has 0 saturated carbocycles. The van der Waals surface area contributed by atoms with Crippen molar-refractivity contribution in [2.45, 2.75) is 20.8 Å². The number of carbonyl (C=O) groups excluding carboxylic acids is 1. The molecule has 0 atom stereocenters. The number of aryl methyl sites for hydroxylation is 2. The van der Waals surface area contributed by atoms with E-state index in [1.807, 2.05) is 6.92 Å². The third-order valence-electron chi connectivity index (χ3n) is 3.38. The van der Waals surface area contributed by atoms with Gasteiger partial charge in [0.1, 0.15) is 5.82 Å². The topological polar surface area (TPSA) is 79.8 Å². The van der Waals surface area contributed by atoms with Gasteiger partial charge < -0.3 is 10.6 Å². The molecule has 1 amide bonds. The lowest BCUT2D eigenvalue weighted by Gasteiger charge is -2.07. The van der Waals surface area contributed by atoms with Crippen LogP contribution in [0.4, 0.5) is 21.2 Å². The highest BCUT2D eigenvalue weighted by molar-refractivity contribution is 7.19. The Bertz CT molecular complexity index is 941. The summed E-state index contributed by atoms with van der Waals surface area (Å²) >= 11 is 1.35. The van der Waals surface area contributed by atoms with Gasteiger partial charge >= 0.3 is 0 Å². The van der Waals surface area contributed by atoms with Gasteiger partial charge in [0.15, 0.2) is 5.13 Å². The lowest BCUT2D eigenvalue weighted by molar-refractivity contribution is -0.114. The second-order valence-electron chi connectivity index (χ2n) is 5.47. The van der Waals surface area contributed by atoms with Crippen molar-refractivity contribution < 1.29 is 9.18 Å². The van der Waals surface area contributed by atoms with E-state index in [0.29, 0.717) is 28.0 Å². The van der Waals surface area contributed by atoms with Crippen molar-refractivity contribution in [1.82, 2.24) is 15.0 Å². The molecule has 0 saturated heterocycles. The summed E-state index contributed by atoms with van der Waals surface area (Å²) < 4.78 is 13.4. The molecule has 1 aromatic carbocycles. The minimum Gasteiger partial charge on any atom is -0.324 e. The second-order valence-corrected chi connectivity index (χ2v) is 6.47. The molecule has 0 bridgehead atoms. The maximum absolute atomic E-state index is 13.4. The van der Waals surface area contributed by atoms with Gasteiger partial charge in [-0.25, -0.2) is 19.3 Å². The van der Waals surface area contributed by atoms with Gasteiger partial charge in [-0.05, 0) is 43.7 Å². The Kier molecular flexibility index (Phi) is 4.71. The zero-order valence-electron chi connectivity index (χ0n) is 13.9. The van der Waals surface area contributed by atoms with Crippen LogP contribution in [0.2, 0.25) is 0 Å². The van der Waals surface area contributed by atoms with Gasteiger partial charge in [0.05, 0.1) is 16.3 Å². The van der Waals surface area contributed by atoms with E-state index in [1.165, 1.54) is 24.3 Å². The van der Waals surface area contributed by atoms with Gasteiger partial charge in [0, 0.05) is 18.8 Å². The molecule has 0 aliphatic rings. The Hall–Kier alpha value is -2.87. The van der Waals surface area contributed by atoms with Crippen LogP contribution >= 0.6 is 11.3 Å². The van der Waals surface area contributed by atoms with Crippen molar-refractivity contribution in [3.63, 3.8) is 0 Å². The van der Waals surface area contributed by atoms with Crippen LogP contribution in [0.25, 0.3) is 10.6 Å². The fourth-order valence-corrected chi connectivity index (χ4v) is 3.22. The Morgan fingerprint density at radius 1 is 1.20 bits per heavy atom. The van der Waals surface area contributed by atoms with Crippen LogP contribution < -0.4 is 10.6 Å². The van der Waals surface area contributed by atoms with Gasteiger partial charge in [-0.3, -0.25) is 4.79 Å². The molecule has 6 nitrogen and oxygen atoms in total. The molecule has 0 fully saturated rings. The molecule has 0 aliphatic carbocycles. The minimum absolute atomic E-state index is 0.169. The predicted molar refractivity (Wildman–Crippen MR) is 96.6 cm³/mol. The number of aromatic nitrogens is 3. The first kappa shape index (κ1) is 17.0.